The van der Waals surface area contributed by atoms with Crippen LogP contribution in [0.15, 0.2) is 27.8 Å². The number of hydrogen-bond acceptors (Lipinski definition) is 4. The van der Waals surface area contributed by atoms with E-state index in [9.17, 15) is 31.9 Å². The number of nitrogens with two attached hydrogens (primary N) is 1. The Morgan fingerprint density at radius 1 is 1.21 bits per heavy atom. The van der Waals surface area contributed by atoms with Crippen LogP contribution in [-0.2, 0) is 6.18 Å². The Morgan fingerprint density at radius 2 is 1.79 bits per heavy atom. The lowest BCUT2D eigenvalue weighted by molar-refractivity contribution is -0.143. The molecule has 2 aromatic rings. The molecule has 1 aromatic heterocycles. The summed E-state index contributed by atoms with van der Waals surface area (Å²) >= 11 is 5.51. The maximum Gasteiger partial charge on any atom is 0.433 e. The molecular weight excluding hydrogens is 362 g/mol. The van der Waals surface area contributed by atoms with Gasteiger partial charge in [0, 0.05) is 6.07 Å². The predicted octanol–water partition coefficient (Wildman–Crippen LogP) is 1.22. The van der Waals surface area contributed by atoms with Gasteiger partial charge in [0.1, 0.15) is 5.82 Å². The van der Waals surface area contributed by atoms with E-state index >= 15 is 0 Å². The first-order valence-corrected chi connectivity index (χ1v) is 6.27. The minimum absolute atomic E-state index is 0.0180. The van der Waals surface area contributed by atoms with Crippen LogP contribution < -0.4 is 17.1 Å². The number of carboxylic acid groups (broad SMARTS) is 1. The van der Waals surface area contributed by atoms with Crippen molar-refractivity contribution >= 4 is 17.6 Å². The number of aromatic nitrogens is 2. The third kappa shape index (κ3) is 2.85. The molecule has 2 rings (SSSR count). The minimum Gasteiger partial charge on any atom is -0.478 e. The first kappa shape index (κ1) is 17.5. The maximum atomic E-state index is 14.0. The fourth-order valence-electron chi connectivity index (χ4n) is 1.87. The van der Waals surface area contributed by atoms with E-state index in [0.717, 1.165) is 0 Å². The molecule has 0 fully saturated rings. The van der Waals surface area contributed by atoms with Gasteiger partial charge in [-0.25, -0.2) is 23.2 Å². The van der Waals surface area contributed by atoms with Gasteiger partial charge in [0.25, 0.3) is 5.56 Å². The van der Waals surface area contributed by atoms with Crippen LogP contribution in [-0.4, -0.2) is 20.3 Å². The van der Waals surface area contributed by atoms with Crippen LogP contribution in [0.4, 0.5) is 17.6 Å². The molecule has 0 spiro atoms. The van der Waals surface area contributed by atoms with Gasteiger partial charge in [-0.05, 0) is 12.1 Å². The van der Waals surface area contributed by atoms with E-state index in [-0.39, 0.29) is 10.6 Å². The molecule has 0 bridgehead atoms. The molecule has 24 heavy (non-hydrogen) atoms. The van der Waals surface area contributed by atoms with Gasteiger partial charge in [0.2, 0.25) is 0 Å². The normalized spacial score (nSPS) is 11.5. The number of carboxylic acids is 1. The number of carbonyl (C=O) groups is 1. The van der Waals surface area contributed by atoms with Gasteiger partial charge in [0.15, 0.2) is 5.69 Å². The van der Waals surface area contributed by atoms with E-state index in [2.05, 4.69) is 0 Å². The Bertz CT molecular complexity index is 964. The molecule has 128 valence electrons. The van der Waals surface area contributed by atoms with E-state index in [1.54, 1.807) is 0 Å². The molecule has 1 heterocycles. The van der Waals surface area contributed by atoms with Crippen molar-refractivity contribution in [1.29, 1.82) is 0 Å². The van der Waals surface area contributed by atoms with Gasteiger partial charge < -0.3 is 10.9 Å². The number of alkyl halides is 3. The molecule has 0 amide bonds. The number of aromatic carboxylic acids is 1. The second-order valence-electron chi connectivity index (χ2n) is 4.44. The van der Waals surface area contributed by atoms with Crippen molar-refractivity contribution in [3.05, 3.63) is 61.1 Å². The highest BCUT2D eigenvalue weighted by molar-refractivity contribution is 6.33. The monoisotopic (exact) mass is 367 g/mol. The van der Waals surface area contributed by atoms with Crippen LogP contribution in [0, 0.1) is 5.82 Å². The molecule has 0 unspecified atom stereocenters. The van der Waals surface area contributed by atoms with Gasteiger partial charge in [0.05, 0.1) is 16.3 Å². The zero-order valence-corrected chi connectivity index (χ0v) is 12.0. The van der Waals surface area contributed by atoms with Crippen molar-refractivity contribution in [2.45, 2.75) is 6.18 Å². The third-order valence-corrected chi connectivity index (χ3v) is 3.25. The number of nitrogen functional groups attached to an aromatic ring is 1. The lowest BCUT2D eigenvalue weighted by atomic mass is 10.2. The summed E-state index contributed by atoms with van der Waals surface area (Å²) in [4.78, 5) is 34.7. The van der Waals surface area contributed by atoms with Gasteiger partial charge in [-0.2, -0.15) is 13.2 Å². The standard InChI is InChI=1S/C12H6ClF4N3O4/c13-5-2-6(14)7(1-4(5)10(22)23)19-9(21)3-8(12(15,16)17)20(18)11(19)24/h1-3H,18H2,(H,22,23). The lowest BCUT2D eigenvalue weighted by Crippen LogP contribution is -2.45. The summed E-state index contributed by atoms with van der Waals surface area (Å²) in [6.07, 6.45) is -5.10. The van der Waals surface area contributed by atoms with Crippen LogP contribution in [0.5, 0.6) is 0 Å². The van der Waals surface area contributed by atoms with E-state index in [1.165, 1.54) is 0 Å². The minimum atomic E-state index is -5.10. The highest BCUT2D eigenvalue weighted by atomic mass is 35.5. The number of benzene rings is 1. The van der Waals surface area contributed by atoms with Crippen molar-refractivity contribution in [3.63, 3.8) is 0 Å². The topological polar surface area (TPSA) is 107 Å². The summed E-state index contributed by atoms with van der Waals surface area (Å²) in [5.74, 6) is 2.11. The summed E-state index contributed by atoms with van der Waals surface area (Å²) in [7, 11) is 0. The summed E-state index contributed by atoms with van der Waals surface area (Å²) in [5.41, 5.74) is -6.58. The van der Waals surface area contributed by atoms with Crippen LogP contribution in [0.2, 0.25) is 5.02 Å². The summed E-state index contributed by atoms with van der Waals surface area (Å²) in [6, 6.07) is 1.02. The van der Waals surface area contributed by atoms with Gasteiger partial charge >= 0.3 is 17.8 Å². The van der Waals surface area contributed by atoms with Gasteiger partial charge in [-0.15, -0.1) is 0 Å². The van der Waals surface area contributed by atoms with Crippen molar-refractivity contribution in [2.24, 2.45) is 0 Å². The smallest absolute Gasteiger partial charge is 0.433 e. The Kier molecular flexibility index (Phi) is 4.14. The van der Waals surface area contributed by atoms with Crippen LogP contribution in [0.25, 0.3) is 5.69 Å². The molecule has 0 saturated carbocycles. The molecule has 0 aliphatic rings. The SMILES string of the molecule is Nn1c(C(F)(F)F)cc(=O)n(-c2cc(C(=O)O)c(Cl)cc2F)c1=O. The molecule has 1 aromatic carbocycles. The highest BCUT2D eigenvalue weighted by Crippen LogP contribution is 2.27. The second-order valence-corrected chi connectivity index (χ2v) is 4.85. The second kappa shape index (κ2) is 5.67. The Balaban J connectivity index is 2.88. The van der Waals surface area contributed by atoms with Gasteiger partial charge in [-0.3, -0.25) is 4.79 Å². The van der Waals surface area contributed by atoms with Crippen molar-refractivity contribution < 1.29 is 27.5 Å². The van der Waals surface area contributed by atoms with Crippen molar-refractivity contribution in [2.75, 3.05) is 5.84 Å². The van der Waals surface area contributed by atoms with Crippen molar-refractivity contribution in [1.82, 2.24) is 9.24 Å². The third-order valence-electron chi connectivity index (χ3n) is 2.94. The summed E-state index contributed by atoms with van der Waals surface area (Å²) in [5, 5.41) is 8.39. The Hall–Kier alpha value is -2.82. The molecule has 0 atom stereocenters. The lowest BCUT2D eigenvalue weighted by Gasteiger charge is -2.14. The number of rotatable bonds is 2. The Labute approximate surface area is 134 Å². The number of nitrogens with zero attached hydrogens (tertiary/aromatic N) is 2. The largest absolute Gasteiger partial charge is 0.478 e. The molecule has 0 aliphatic heterocycles. The summed E-state index contributed by atoms with van der Waals surface area (Å²) in [6.45, 7) is 0. The Morgan fingerprint density at radius 3 is 2.29 bits per heavy atom. The van der Waals surface area contributed by atoms with E-state index in [0.29, 0.717) is 12.1 Å². The predicted molar refractivity (Wildman–Crippen MR) is 73.4 cm³/mol. The average molecular weight is 368 g/mol. The fraction of sp³-hybridized carbons (Fsp3) is 0.0833. The molecule has 7 nitrogen and oxygen atoms in total. The first-order valence-electron chi connectivity index (χ1n) is 5.89. The summed E-state index contributed by atoms with van der Waals surface area (Å²) < 4.78 is 51.6. The van der Waals surface area contributed by atoms with Crippen LogP contribution >= 0.6 is 11.6 Å². The molecule has 0 saturated heterocycles. The number of hydrogen-bond donors (Lipinski definition) is 2. The molecule has 0 aliphatic carbocycles. The zero-order chi connectivity index (χ0) is 18.4. The number of halogens is 5. The average Bonchev–Trinajstić information content (AvgIpc) is 2.43. The zero-order valence-electron chi connectivity index (χ0n) is 11.3. The van der Waals surface area contributed by atoms with Crippen LogP contribution in [0.1, 0.15) is 16.1 Å². The van der Waals surface area contributed by atoms with Crippen LogP contribution in [0.3, 0.4) is 0 Å². The molecular formula is C12H6ClF4N3O4. The maximum absolute atomic E-state index is 14.0. The molecule has 3 N–H and O–H groups in total. The van der Waals surface area contributed by atoms with E-state index in [1.807, 2.05) is 0 Å². The van der Waals surface area contributed by atoms with E-state index < -0.39 is 55.9 Å². The first-order chi connectivity index (χ1) is 10.9. The van der Waals surface area contributed by atoms with Crippen molar-refractivity contribution in [3.8, 4) is 5.69 Å². The van der Waals surface area contributed by atoms with E-state index in [4.69, 9.17) is 22.6 Å². The fourth-order valence-corrected chi connectivity index (χ4v) is 2.10. The molecule has 0 radical (unpaired) electrons. The quantitative estimate of drug-likeness (QED) is 0.613. The highest BCUT2D eigenvalue weighted by Gasteiger charge is 2.36. The molecule has 12 heteroatoms. The van der Waals surface area contributed by atoms with Gasteiger partial charge in [-0.1, -0.05) is 11.6 Å².